The average molecular weight is 201 g/mol. The summed E-state index contributed by atoms with van der Waals surface area (Å²) in [5, 5.41) is -0.697. The Hall–Kier alpha value is -0.390. The number of hydrogen-bond donors (Lipinski definition) is 1. The third kappa shape index (κ3) is 4.48. The van der Waals surface area contributed by atoms with Gasteiger partial charge in [0.25, 0.3) is 0 Å². The predicted molar refractivity (Wildman–Crippen MR) is 42.1 cm³/mol. The van der Waals surface area contributed by atoms with Crippen LogP contribution in [0.5, 0.6) is 0 Å². The molecule has 0 aromatic heterocycles. The van der Waals surface area contributed by atoms with Crippen molar-refractivity contribution in [1.29, 1.82) is 0 Å². The molecule has 0 radical (unpaired) electrons. The number of nitrogens with zero attached hydrogens (tertiary/aromatic N) is 1. The molecule has 0 bridgehead atoms. The Balaban J connectivity index is 4.05. The lowest BCUT2D eigenvalue weighted by atomic mass is 10.4. The molecular weight excluding hydrogens is 191 g/mol. The Morgan fingerprint density at radius 1 is 1.58 bits per heavy atom. The smallest absolute Gasteiger partial charge is 0.336 e. The third-order valence-corrected chi connectivity index (χ3v) is 1.37. The molecule has 0 rings (SSSR count). The number of rotatable bonds is 2. The van der Waals surface area contributed by atoms with Crippen LogP contribution in [0.2, 0.25) is 0 Å². The van der Waals surface area contributed by atoms with Crippen molar-refractivity contribution >= 4 is 18.5 Å². The van der Waals surface area contributed by atoms with Crippen LogP contribution in [0.4, 0.5) is 13.2 Å². The molecule has 0 spiro atoms. The second kappa shape index (κ2) is 4.02. The van der Waals surface area contributed by atoms with Gasteiger partial charge in [-0.05, 0) is 6.92 Å². The molecule has 2 nitrogen and oxygen atoms in total. The first-order chi connectivity index (χ1) is 5.24. The molecule has 0 aliphatic carbocycles. The van der Waals surface area contributed by atoms with Gasteiger partial charge in [-0.15, -0.1) is 0 Å². The fraction of sp³-hybridized carbons (Fsp3) is 0.833. The molecule has 0 heterocycles. The van der Waals surface area contributed by atoms with Gasteiger partial charge in [0.1, 0.15) is 6.54 Å². The van der Waals surface area contributed by atoms with Crippen molar-refractivity contribution in [1.82, 2.24) is 4.90 Å². The molecule has 0 aromatic carbocycles. The van der Waals surface area contributed by atoms with E-state index in [0.29, 0.717) is 4.90 Å². The molecule has 0 aliphatic heterocycles. The lowest BCUT2D eigenvalue weighted by Crippen LogP contribution is -2.39. The van der Waals surface area contributed by atoms with Crippen LogP contribution in [0.15, 0.2) is 0 Å². The Bertz CT molecular complexity index is 169. The molecule has 0 N–H and O–H groups in total. The van der Waals surface area contributed by atoms with Gasteiger partial charge in [-0.3, -0.25) is 4.79 Å². The van der Waals surface area contributed by atoms with E-state index in [1.54, 1.807) is 0 Å². The maximum absolute atomic E-state index is 11.7. The van der Waals surface area contributed by atoms with Gasteiger partial charge in [0.2, 0.25) is 5.91 Å². The first-order valence-electron chi connectivity index (χ1n) is 3.24. The van der Waals surface area contributed by atoms with Crippen LogP contribution < -0.4 is 0 Å². The minimum Gasteiger partial charge on any atom is -0.336 e. The fourth-order valence-electron chi connectivity index (χ4n) is 0.666. The largest absolute Gasteiger partial charge is 0.406 e. The van der Waals surface area contributed by atoms with Gasteiger partial charge >= 0.3 is 6.18 Å². The molecule has 1 unspecified atom stereocenters. The quantitative estimate of drug-likeness (QED) is 0.668. The molecule has 1 amide bonds. The number of halogens is 3. The van der Waals surface area contributed by atoms with Crippen LogP contribution in [-0.4, -0.2) is 35.8 Å². The van der Waals surface area contributed by atoms with Crippen molar-refractivity contribution in [3.05, 3.63) is 0 Å². The van der Waals surface area contributed by atoms with E-state index >= 15 is 0 Å². The summed E-state index contributed by atoms with van der Waals surface area (Å²) in [5.41, 5.74) is 0. The summed E-state index contributed by atoms with van der Waals surface area (Å²) < 4.78 is 35.1. The number of carbonyl (C=O) groups is 1. The van der Waals surface area contributed by atoms with E-state index in [1.165, 1.54) is 6.92 Å². The lowest BCUT2D eigenvalue weighted by Gasteiger charge is -2.20. The van der Waals surface area contributed by atoms with Crippen molar-refractivity contribution in [2.75, 3.05) is 13.6 Å². The molecule has 0 aliphatic rings. The maximum atomic E-state index is 11.7. The van der Waals surface area contributed by atoms with E-state index in [4.69, 9.17) is 0 Å². The number of carbonyl (C=O) groups excluding carboxylic acids is 1. The molecule has 12 heavy (non-hydrogen) atoms. The first-order valence-corrected chi connectivity index (χ1v) is 3.75. The Labute approximate surface area is 74.1 Å². The maximum Gasteiger partial charge on any atom is 0.406 e. The SMILES string of the molecule is CC(S)C(=O)N(C)CC(F)(F)F. The zero-order chi connectivity index (χ0) is 9.94. The van der Waals surface area contributed by atoms with Crippen molar-refractivity contribution in [2.45, 2.75) is 18.3 Å². The summed E-state index contributed by atoms with van der Waals surface area (Å²) in [6.45, 7) is 0.203. The van der Waals surface area contributed by atoms with Gasteiger partial charge in [0.15, 0.2) is 0 Å². The summed E-state index contributed by atoms with van der Waals surface area (Å²) >= 11 is 3.72. The summed E-state index contributed by atoms with van der Waals surface area (Å²) in [6.07, 6.45) is -4.34. The molecule has 0 fully saturated rings. The molecule has 72 valence electrons. The minimum absolute atomic E-state index is 0.609. The highest BCUT2D eigenvalue weighted by Gasteiger charge is 2.31. The minimum atomic E-state index is -4.34. The Kier molecular flexibility index (Phi) is 3.89. The number of alkyl halides is 3. The van der Waals surface area contributed by atoms with Crippen molar-refractivity contribution in [3.63, 3.8) is 0 Å². The molecular formula is C6H10F3NOS. The second-order valence-corrected chi connectivity index (χ2v) is 3.26. The highest BCUT2D eigenvalue weighted by atomic mass is 32.1. The zero-order valence-corrected chi connectivity index (χ0v) is 7.62. The van der Waals surface area contributed by atoms with Crippen LogP contribution in [0, 0.1) is 0 Å². The normalized spacial score (nSPS) is 14.2. The van der Waals surface area contributed by atoms with Crippen LogP contribution in [0.1, 0.15) is 6.92 Å². The van der Waals surface area contributed by atoms with Crippen LogP contribution in [0.3, 0.4) is 0 Å². The number of amides is 1. The third-order valence-electron chi connectivity index (χ3n) is 1.15. The molecule has 0 saturated carbocycles. The van der Waals surface area contributed by atoms with E-state index in [-0.39, 0.29) is 0 Å². The lowest BCUT2D eigenvalue weighted by molar-refractivity contribution is -0.157. The van der Waals surface area contributed by atoms with E-state index in [0.717, 1.165) is 7.05 Å². The predicted octanol–water partition coefficient (Wildman–Crippen LogP) is 1.33. The van der Waals surface area contributed by atoms with Crippen LogP contribution >= 0.6 is 12.6 Å². The van der Waals surface area contributed by atoms with Gasteiger partial charge in [0.05, 0.1) is 5.25 Å². The van der Waals surface area contributed by atoms with E-state index in [2.05, 4.69) is 12.6 Å². The highest BCUT2D eigenvalue weighted by Crippen LogP contribution is 2.16. The molecule has 0 aromatic rings. The Morgan fingerprint density at radius 2 is 2.00 bits per heavy atom. The highest BCUT2D eigenvalue weighted by molar-refractivity contribution is 7.81. The molecule has 6 heteroatoms. The molecule has 1 atom stereocenters. The summed E-state index contributed by atoms with van der Waals surface area (Å²) in [5.74, 6) is -0.629. The van der Waals surface area contributed by atoms with Gasteiger partial charge in [-0.25, -0.2) is 0 Å². The van der Waals surface area contributed by atoms with Crippen molar-refractivity contribution in [3.8, 4) is 0 Å². The van der Waals surface area contributed by atoms with E-state index < -0.39 is 23.9 Å². The summed E-state index contributed by atoms with van der Waals surface area (Å²) in [6, 6.07) is 0. The topological polar surface area (TPSA) is 20.3 Å². The van der Waals surface area contributed by atoms with E-state index in [9.17, 15) is 18.0 Å². The van der Waals surface area contributed by atoms with Crippen LogP contribution in [-0.2, 0) is 4.79 Å². The summed E-state index contributed by atoms with van der Waals surface area (Å²) in [7, 11) is 1.10. The van der Waals surface area contributed by atoms with Crippen molar-refractivity contribution < 1.29 is 18.0 Å². The van der Waals surface area contributed by atoms with Gasteiger partial charge in [0, 0.05) is 7.05 Å². The zero-order valence-electron chi connectivity index (χ0n) is 6.72. The van der Waals surface area contributed by atoms with Gasteiger partial charge in [-0.1, -0.05) is 0 Å². The van der Waals surface area contributed by atoms with Crippen LogP contribution in [0.25, 0.3) is 0 Å². The fourth-order valence-corrected chi connectivity index (χ4v) is 0.863. The number of thiol groups is 1. The average Bonchev–Trinajstić information content (AvgIpc) is 1.82. The van der Waals surface area contributed by atoms with Gasteiger partial charge < -0.3 is 4.90 Å². The first kappa shape index (κ1) is 11.6. The standard InChI is InChI=1S/C6H10F3NOS/c1-4(12)5(11)10(2)3-6(7,8)9/h4,12H,3H2,1-2H3. The second-order valence-electron chi connectivity index (χ2n) is 2.49. The van der Waals surface area contributed by atoms with E-state index in [1.807, 2.05) is 0 Å². The number of hydrogen-bond acceptors (Lipinski definition) is 2. The monoisotopic (exact) mass is 201 g/mol. The van der Waals surface area contributed by atoms with Crippen molar-refractivity contribution in [2.24, 2.45) is 0 Å². The summed E-state index contributed by atoms with van der Waals surface area (Å²) in [4.78, 5) is 11.5. The molecule has 0 saturated heterocycles. The Morgan fingerprint density at radius 3 is 2.25 bits per heavy atom. The van der Waals surface area contributed by atoms with Gasteiger partial charge in [-0.2, -0.15) is 25.8 Å².